The van der Waals surface area contributed by atoms with Crippen molar-refractivity contribution in [3.8, 4) is 47.3 Å². The Labute approximate surface area is 649 Å². The van der Waals surface area contributed by atoms with Crippen molar-refractivity contribution in [1.82, 2.24) is 40.0 Å². The molecule has 28 heteroatoms. The Bertz CT molecular complexity index is 4150. The lowest BCUT2D eigenvalue weighted by molar-refractivity contribution is 0.0671. The molecule has 6 N–H and O–H groups in total. The predicted octanol–water partition coefficient (Wildman–Crippen LogP) is 12.9. The number of rotatable bonds is 24. The number of amides is 3. The molecule has 4 saturated heterocycles. The number of phenols is 3. The number of aromatic hydroxyl groups is 3. The van der Waals surface area contributed by atoms with Crippen LogP contribution in [0.25, 0.3) is 0 Å². The van der Waals surface area contributed by atoms with Gasteiger partial charge in [-0.1, -0.05) is 53.7 Å². The minimum Gasteiger partial charge on any atom is -0.507 e. The summed E-state index contributed by atoms with van der Waals surface area (Å²) in [6, 6.07) is 31.1. The maximum Gasteiger partial charge on any atom is 0.337 e. The molecule has 26 nitrogen and oxygen atoms in total. The molecule has 0 spiro atoms. The summed E-state index contributed by atoms with van der Waals surface area (Å²) in [4.78, 5) is 92.8. The zero-order valence-electron chi connectivity index (χ0n) is 65.2. The molecule has 0 aliphatic carbocycles. The van der Waals surface area contributed by atoms with E-state index in [4.69, 9.17) is 50.0 Å². The third-order valence-corrected chi connectivity index (χ3v) is 29.3. The first-order valence-corrected chi connectivity index (χ1v) is 43.1. The number of aldehydes is 2. The van der Waals surface area contributed by atoms with E-state index in [2.05, 4.69) is 111 Å². The molecule has 3 amide bonds. The standard InChI is InChI=1S/C21H21N3O4.C20H31N3O2Si.C14H17N3O2.C11H25NOSi.C9H8N2O2.C7H6O3/c22-10-2-7-18-16(6-3-11-23-18)21(27)24-12-4-5-15(24)14-28-20-9-1-8-19(26)17(20)13-25;1-20(2,3)26(4,5)25-15-16-9-8-14-23(16)19(24)17-10-7-13-22-18(17)11-6-12-21;15-7-1-6-13-12(5-2-8-16-13)14(19)17-9-3-4-11(17)10-18;1-11(2,3)14(4,5)13-9-10-7-6-8-12-10;10-5-1-4-8-7(9(12)13)3-2-6-11-8;8-4-5-6(9)2-1-3-7(5)10/h1,3,6,8-9,11,13,15,26H,2,4-5,7,12,14H2;7,10,13,16H,6,8-9,11,14-15H2,1-5H3;2,5,8,11,18H,1,3-4,6,9-10H2;10,12H,6-9H2,1-5H3;2-3,6H,1,4H2,(H,12,13);1-4,9-10H/t15-;16-;11-;10-;;/m0000../s1. The molecule has 110 heavy (non-hydrogen) atoms. The van der Waals surface area contributed by atoms with Crippen molar-refractivity contribution in [2.75, 3.05) is 52.6 Å². The van der Waals surface area contributed by atoms with E-state index >= 15 is 0 Å². The largest absolute Gasteiger partial charge is 0.507 e. The number of carboxylic acid groups (broad SMARTS) is 1. The smallest absolute Gasteiger partial charge is 0.337 e. The molecule has 4 aliphatic rings. The summed E-state index contributed by atoms with van der Waals surface area (Å²) in [5, 5.41) is 84.2. The third-order valence-electron chi connectivity index (χ3n) is 20.3. The minimum atomic E-state index is -1.83. The Hall–Kier alpha value is -10.3. The van der Waals surface area contributed by atoms with Gasteiger partial charge >= 0.3 is 5.97 Å². The first-order chi connectivity index (χ1) is 52.4. The van der Waals surface area contributed by atoms with Crippen molar-refractivity contribution in [2.45, 2.75) is 205 Å². The average molecular weight is 1540 g/mol. The van der Waals surface area contributed by atoms with Crippen LogP contribution in [0, 0.1) is 45.3 Å². The van der Waals surface area contributed by atoms with Crippen LogP contribution >= 0.6 is 0 Å². The highest BCUT2D eigenvalue weighted by molar-refractivity contribution is 6.74. The summed E-state index contributed by atoms with van der Waals surface area (Å²) in [6.45, 7) is 27.7. The number of likely N-dealkylation sites (tertiary alicyclic amines) is 3. The number of carbonyl (C=O) groups excluding carboxylic acids is 5. The van der Waals surface area contributed by atoms with Gasteiger partial charge in [0.2, 0.25) is 0 Å². The number of pyridine rings is 4. The summed E-state index contributed by atoms with van der Waals surface area (Å²) in [6.07, 6.45) is 18.5. The van der Waals surface area contributed by atoms with Gasteiger partial charge in [0.25, 0.3) is 17.7 Å². The van der Waals surface area contributed by atoms with Gasteiger partial charge in [-0.15, -0.1) is 0 Å². The molecule has 0 unspecified atom stereocenters. The summed E-state index contributed by atoms with van der Waals surface area (Å²) in [5.41, 5.74) is 4.38. The second kappa shape index (κ2) is 45.0. The molecule has 6 aromatic rings. The molecular formula is C82H108N12O14Si2. The quantitative estimate of drug-likeness (QED) is 0.0242. The van der Waals surface area contributed by atoms with Crippen LogP contribution < -0.4 is 10.1 Å². The van der Waals surface area contributed by atoms with Gasteiger partial charge in [-0.2, -0.15) is 21.0 Å². The molecule has 4 aromatic heterocycles. The highest BCUT2D eigenvalue weighted by Gasteiger charge is 2.41. The number of nitriles is 4. The fraction of sp³-hybridized carbons (Fsp3) is 0.488. The van der Waals surface area contributed by atoms with Gasteiger partial charge in [-0.3, -0.25) is 43.9 Å². The SMILES string of the molecule is CC(C)(C)[Si](C)(C)OC[C@@H]1CCCN1.CC(C)(C)[Si](C)(C)OC[C@@H]1CCCN1C(=O)c1cccnc1CCC#N.N#CCCc1ncccc1C(=O)N1CCC[C@H]1CO.N#CCCc1ncccc1C(=O)N1CCC[C@H]1COc1cccc(O)c1C=O.N#CCCc1ncccc1C(=O)O.O=Cc1c(O)cccc1O. The van der Waals surface area contributed by atoms with E-state index in [0.29, 0.717) is 128 Å². The van der Waals surface area contributed by atoms with Crippen LogP contribution in [-0.4, -0.2) is 190 Å². The van der Waals surface area contributed by atoms with Crippen molar-refractivity contribution in [3.63, 3.8) is 0 Å². The monoisotopic (exact) mass is 1540 g/mol. The Morgan fingerprint density at radius 1 is 0.500 bits per heavy atom. The molecule has 8 heterocycles. The van der Waals surface area contributed by atoms with E-state index in [1.54, 1.807) is 76.9 Å². The second-order valence-corrected chi connectivity index (χ2v) is 39.5. The number of ether oxygens (including phenoxy) is 1. The van der Waals surface area contributed by atoms with Crippen LogP contribution in [0.1, 0.15) is 204 Å². The first kappa shape index (κ1) is 90.3. The number of aromatic nitrogens is 4. The van der Waals surface area contributed by atoms with E-state index in [-0.39, 0.29) is 94.5 Å². The number of hydrogen-bond acceptors (Lipinski definition) is 22. The van der Waals surface area contributed by atoms with E-state index in [9.17, 15) is 39.0 Å². The van der Waals surface area contributed by atoms with Crippen molar-refractivity contribution in [1.29, 1.82) is 21.0 Å². The van der Waals surface area contributed by atoms with Crippen LogP contribution in [-0.2, 0) is 34.5 Å². The van der Waals surface area contributed by atoms with Gasteiger partial charge in [0, 0.05) is 108 Å². The summed E-state index contributed by atoms with van der Waals surface area (Å²) >= 11 is 0. The summed E-state index contributed by atoms with van der Waals surface area (Å²) < 4.78 is 18.3. The number of phenolic OH excluding ortho intramolecular Hbond substituents is 3. The van der Waals surface area contributed by atoms with Crippen molar-refractivity contribution >= 4 is 52.9 Å². The van der Waals surface area contributed by atoms with Crippen LogP contribution in [0.15, 0.2) is 110 Å². The van der Waals surface area contributed by atoms with Gasteiger partial charge < -0.3 is 59.1 Å². The van der Waals surface area contributed by atoms with Crippen LogP contribution in [0.4, 0.5) is 0 Å². The van der Waals surface area contributed by atoms with Gasteiger partial charge in [-0.25, -0.2) is 4.79 Å². The number of nitrogens with zero attached hydrogens (tertiary/aromatic N) is 11. The van der Waals surface area contributed by atoms with Gasteiger partial charge in [0.05, 0.1) is 112 Å². The number of aliphatic hydroxyl groups excluding tert-OH is 1. The Balaban J connectivity index is 0.000000245. The topological polar surface area (TPSA) is 400 Å². The number of aliphatic hydroxyl groups is 1. The number of carbonyl (C=O) groups is 6. The highest BCUT2D eigenvalue weighted by atomic mass is 28.4. The van der Waals surface area contributed by atoms with E-state index < -0.39 is 22.6 Å². The van der Waals surface area contributed by atoms with E-state index in [0.717, 1.165) is 57.4 Å². The second-order valence-electron chi connectivity index (χ2n) is 29.9. The van der Waals surface area contributed by atoms with Crippen LogP contribution in [0.3, 0.4) is 0 Å². The molecule has 4 atom stereocenters. The molecule has 588 valence electrons. The predicted molar refractivity (Wildman–Crippen MR) is 420 cm³/mol. The Morgan fingerprint density at radius 3 is 1.21 bits per heavy atom. The number of hydrogen-bond donors (Lipinski definition) is 6. The fourth-order valence-corrected chi connectivity index (χ4v) is 14.0. The Kier molecular flexibility index (Phi) is 36.9. The number of benzene rings is 2. The number of nitrogens with one attached hydrogen (secondary N) is 1. The molecule has 2 aromatic carbocycles. The number of aryl methyl sites for hydroxylation is 4. The summed E-state index contributed by atoms with van der Waals surface area (Å²) in [7, 11) is -3.34. The number of carboxylic acids is 1. The fourth-order valence-electron chi connectivity index (χ4n) is 11.9. The first-order valence-electron chi connectivity index (χ1n) is 37.3. The van der Waals surface area contributed by atoms with Gasteiger partial charge in [0.15, 0.2) is 29.2 Å². The maximum atomic E-state index is 13.1. The summed E-state index contributed by atoms with van der Waals surface area (Å²) in [5.74, 6) is -1.43. The molecule has 0 radical (unpaired) electrons. The lowest BCUT2D eigenvalue weighted by atomic mass is 10.1. The van der Waals surface area contributed by atoms with E-state index in [1.165, 1.54) is 55.9 Å². The molecule has 0 saturated carbocycles. The average Bonchev–Trinajstić information content (AvgIpc) is 1.60. The van der Waals surface area contributed by atoms with Crippen molar-refractivity contribution in [2.24, 2.45) is 0 Å². The molecule has 0 bridgehead atoms. The van der Waals surface area contributed by atoms with Gasteiger partial charge in [0.1, 0.15) is 29.6 Å². The highest BCUT2D eigenvalue weighted by Crippen LogP contribution is 2.39. The maximum absolute atomic E-state index is 13.1. The van der Waals surface area contributed by atoms with Crippen LogP contribution in [0.2, 0.25) is 36.3 Å². The lowest BCUT2D eigenvalue weighted by Crippen LogP contribution is -2.46. The molecule has 4 fully saturated rings. The van der Waals surface area contributed by atoms with Gasteiger partial charge in [-0.05, 0) is 167 Å². The van der Waals surface area contributed by atoms with Crippen LogP contribution in [0.5, 0.6) is 23.0 Å². The zero-order valence-corrected chi connectivity index (χ0v) is 67.2. The van der Waals surface area contributed by atoms with E-state index in [1.807, 2.05) is 17.0 Å². The third kappa shape index (κ3) is 27.1. The normalized spacial score (nSPS) is 16.4. The van der Waals surface area contributed by atoms with Crippen molar-refractivity contribution in [3.05, 3.63) is 166 Å². The number of aromatic carboxylic acids is 1. The zero-order chi connectivity index (χ0) is 81.0. The minimum absolute atomic E-state index is 0.000465. The molecule has 4 aliphatic heterocycles. The Morgan fingerprint density at radius 2 is 0.855 bits per heavy atom. The molecular weight excluding hydrogens is 1430 g/mol. The lowest BCUT2D eigenvalue weighted by Gasteiger charge is -2.38. The molecule has 10 rings (SSSR count). The van der Waals surface area contributed by atoms with Crippen molar-refractivity contribution < 1.29 is 67.9 Å².